The van der Waals surface area contributed by atoms with Crippen LogP contribution in [0.5, 0.6) is 0 Å². The fourth-order valence-corrected chi connectivity index (χ4v) is 4.18. The van der Waals surface area contributed by atoms with E-state index < -0.39 is 77.9 Å². The normalized spacial score (nSPS) is 16.2. The number of amides is 4. The van der Waals surface area contributed by atoms with Gasteiger partial charge in [0, 0.05) is 12.5 Å². The summed E-state index contributed by atoms with van der Waals surface area (Å²) in [6, 6.07) is -3.03. The first-order chi connectivity index (χ1) is 20.9. The summed E-state index contributed by atoms with van der Waals surface area (Å²) in [5.74, 6) is -5.46. The lowest BCUT2D eigenvalue weighted by Crippen LogP contribution is -2.58. The Morgan fingerprint density at radius 2 is 1.20 bits per heavy atom. The summed E-state index contributed by atoms with van der Waals surface area (Å²) in [7, 11) is 2.74. The third-order valence-corrected chi connectivity index (χ3v) is 7.00. The van der Waals surface area contributed by atoms with E-state index in [0.717, 1.165) is 7.11 Å². The van der Waals surface area contributed by atoms with Crippen LogP contribution in [0, 0.1) is 17.8 Å². The first-order valence-electron chi connectivity index (χ1n) is 15.1. The standard InChI is InChI=1S/C29H53N5O11/c1-14(2)19(33-18(35)13-30-7)27(42)34-20(15(3)4)26(41)32-17(29(44)45-8)11-9-10-12-31-28(43)25(40)24(39)23(38)22(37)21(36)16(5)6/h14-17,19-20,22-25,30,37-40H,9-13H2,1-8H3,(H,31,43)(H,32,41)(H,33,35)(H,34,42)/t17-,19-,20?,22?,23?,24?,25?/m0/s1. The number of hydrogen-bond acceptors (Lipinski definition) is 12. The average molecular weight is 648 g/mol. The summed E-state index contributed by atoms with van der Waals surface area (Å²) in [6.45, 7) is 9.84. The van der Waals surface area contributed by atoms with Gasteiger partial charge in [-0.05, 0) is 38.1 Å². The van der Waals surface area contributed by atoms with Gasteiger partial charge < -0.3 is 51.7 Å². The van der Waals surface area contributed by atoms with E-state index in [2.05, 4.69) is 26.6 Å². The highest BCUT2D eigenvalue weighted by Crippen LogP contribution is 2.12. The molecule has 0 fully saturated rings. The van der Waals surface area contributed by atoms with Crippen LogP contribution in [0.1, 0.15) is 60.8 Å². The Hall–Kier alpha value is -3.18. The van der Waals surface area contributed by atoms with Crippen molar-refractivity contribution in [3.05, 3.63) is 0 Å². The van der Waals surface area contributed by atoms with Gasteiger partial charge in [0.2, 0.25) is 17.7 Å². The van der Waals surface area contributed by atoms with Crippen molar-refractivity contribution in [1.29, 1.82) is 0 Å². The van der Waals surface area contributed by atoms with Gasteiger partial charge in [-0.25, -0.2) is 4.79 Å². The third kappa shape index (κ3) is 14.2. The monoisotopic (exact) mass is 647 g/mol. The Bertz CT molecular complexity index is 992. The van der Waals surface area contributed by atoms with Crippen molar-refractivity contribution in [2.45, 2.75) is 103 Å². The van der Waals surface area contributed by atoms with Crippen LogP contribution < -0.4 is 26.6 Å². The number of hydrogen-bond donors (Lipinski definition) is 9. The van der Waals surface area contributed by atoms with E-state index in [9.17, 15) is 49.2 Å². The zero-order valence-electron chi connectivity index (χ0n) is 27.5. The molecule has 0 aliphatic rings. The molecule has 16 heteroatoms. The number of ether oxygens (including phenoxy) is 1. The molecule has 45 heavy (non-hydrogen) atoms. The molecule has 0 aromatic heterocycles. The van der Waals surface area contributed by atoms with Gasteiger partial charge in [0.15, 0.2) is 11.9 Å². The molecule has 5 unspecified atom stereocenters. The van der Waals surface area contributed by atoms with Crippen LogP contribution in [-0.2, 0) is 33.5 Å². The van der Waals surface area contributed by atoms with Crippen molar-refractivity contribution in [1.82, 2.24) is 26.6 Å². The maximum Gasteiger partial charge on any atom is 0.328 e. The molecule has 0 heterocycles. The van der Waals surface area contributed by atoms with E-state index in [1.54, 1.807) is 34.7 Å². The second-order valence-electron chi connectivity index (χ2n) is 11.8. The van der Waals surface area contributed by atoms with Gasteiger partial charge in [0.05, 0.1) is 13.7 Å². The number of rotatable bonds is 21. The van der Waals surface area contributed by atoms with E-state index in [-0.39, 0.29) is 50.1 Å². The first-order valence-corrected chi connectivity index (χ1v) is 15.1. The second kappa shape index (κ2) is 20.8. The Balaban J connectivity index is 5.15. The van der Waals surface area contributed by atoms with Gasteiger partial charge in [-0.3, -0.25) is 24.0 Å². The summed E-state index contributed by atoms with van der Waals surface area (Å²) in [5, 5.41) is 52.9. The summed E-state index contributed by atoms with van der Waals surface area (Å²) >= 11 is 0. The second-order valence-corrected chi connectivity index (χ2v) is 11.8. The molecule has 0 spiro atoms. The number of ketones is 1. The minimum Gasteiger partial charge on any atom is -0.467 e. The number of carbonyl (C=O) groups is 6. The van der Waals surface area contributed by atoms with E-state index in [0.29, 0.717) is 0 Å². The number of aliphatic hydroxyl groups is 4. The molecular formula is C29H53N5O11. The van der Waals surface area contributed by atoms with Crippen molar-refractivity contribution in [2.24, 2.45) is 17.8 Å². The molecule has 0 aromatic carbocycles. The van der Waals surface area contributed by atoms with Gasteiger partial charge in [-0.1, -0.05) is 41.5 Å². The van der Waals surface area contributed by atoms with Gasteiger partial charge in [0.1, 0.15) is 36.4 Å². The number of aliphatic hydroxyl groups excluding tert-OH is 4. The van der Waals surface area contributed by atoms with Gasteiger partial charge in [-0.15, -0.1) is 0 Å². The highest BCUT2D eigenvalue weighted by atomic mass is 16.5. The van der Waals surface area contributed by atoms with Crippen LogP contribution in [0.3, 0.4) is 0 Å². The van der Waals surface area contributed by atoms with Crippen LogP contribution in [0.15, 0.2) is 0 Å². The van der Waals surface area contributed by atoms with Gasteiger partial charge in [-0.2, -0.15) is 0 Å². The molecule has 0 aliphatic carbocycles. The summed E-state index contributed by atoms with van der Waals surface area (Å²) in [4.78, 5) is 74.7. The molecule has 260 valence electrons. The van der Waals surface area contributed by atoms with Gasteiger partial charge in [0.25, 0.3) is 5.91 Å². The number of carbonyl (C=O) groups excluding carboxylic acids is 6. The summed E-state index contributed by atoms with van der Waals surface area (Å²) in [6.07, 6.45) is -7.69. The SMILES string of the molecule is CNCC(=O)N[C@H](C(=O)NC(C(=O)N[C@@H](CCCCNC(=O)C(O)C(O)C(O)C(O)C(=O)C(C)C)C(=O)OC)C(C)C)C(C)C. The zero-order valence-corrected chi connectivity index (χ0v) is 27.5. The third-order valence-electron chi connectivity index (χ3n) is 7.00. The van der Waals surface area contributed by atoms with E-state index in [4.69, 9.17) is 4.74 Å². The van der Waals surface area contributed by atoms with Crippen molar-refractivity contribution in [3.8, 4) is 0 Å². The van der Waals surface area contributed by atoms with Crippen molar-refractivity contribution in [2.75, 3.05) is 27.2 Å². The van der Waals surface area contributed by atoms with Crippen molar-refractivity contribution >= 4 is 35.4 Å². The van der Waals surface area contributed by atoms with Crippen LogP contribution in [-0.4, -0.2) is 126 Å². The van der Waals surface area contributed by atoms with Crippen LogP contribution >= 0.6 is 0 Å². The number of esters is 1. The predicted molar refractivity (Wildman–Crippen MR) is 162 cm³/mol. The summed E-state index contributed by atoms with van der Waals surface area (Å²) < 4.78 is 4.80. The molecule has 0 saturated heterocycles. The minimum atomic E-state index is -2.13. The molecule has 9 N–H and O–H groups in total. The van der Waals surface area contributed by atoms with E-state index >= 15 is 0 Å². The van der Waals surface area contributed by atoms with Crippen molar-refractivity contribution in [3.63, 3.8) is 0 Å². The first kappa shape index (κ1) is 41.8. The predicted octanol–water partition coefficient (Wildman–Crippen LogP) is -2.90. The molecule has 7 atom stereocenters. The Morgan fingerprint density at radius 1 is 0.689 bits per heavy atom. The molecule has 0 rings (SSSR count). The molecule has 16 nitrogen and oxygen atoms in total. The average Bonchev–Trinajstić information content (AvgIpc) is 2.98. The number of unbranched alkanes of at least 4 members (excludes halogenated alkanes) is 1. The lowest BCUT2D eigenvalue weighted by molar-refractivity contribution is -0.155. The number of Topliss-reactive ketones (excluding diaryl/α,β-unsaturated/α-hetero) is 1. The molecule has 0 radical (unpaired) electrons. The lowest BCUT2D eigenvalue weighted by atomic mass is 9.94. The Kier molecular flexibility index (Phi) is 19.3. The highest BCUT2D eigenvalue weighted by molar-refractivity contribution is 5.94. The lowest BCUT2D eigenvalue weighted by Gasteiger charge is -2.28. The quantitative estimate of drug-likeness (QED) is 0.0449. The molecule has 0 bridgehead atoms. The molecular weight excluding hydrogens is 594 g/mol. The van der Waals surface area contributed by atoms with Gasteiger partial charge >= 0.3 is 5.97 Å². The summed E-state index contributed by atoms with van der Waals surface area (Å²) in [5.41, 5.74) is 0. The minimum absolute atomic E-state index is 0.00544. The maximum absolute atomic E-state index is 13.2. The number of likely N-dealkylation sites (N-methyl/N-ethyl adjacent to an activating group) is 1. The zero-order chi connectivity index (χ0) is 35.0. The fourth-order valence-electron chi connectivity index (χ4n) is 4.18. The van der Waals surface area contributed by atoms with Crippen LogP contribution in [0.25, 0.3) is 0 Å². The number of nitrogens with one attached hydrogen (secondary N) is 5. The van der Waals surface area contributed by atoms with Crippen LogP contribution in [0.2, 0.25) is 0 Å². The molecule has 0 aromatic rings. The Labute approximate surface area is 264 Å². The van der Waals surface area contributed by atoms with E-state index in [1.165, 1.54) is 13.8 Å². The smallest absolute Gasteiger partial charge is 0.328 e. The molecule has 0 saturated carbocycles. The number of methoxy groups -OCH3 is 1. The maximum atomic E-state index is 13.2. The largest absolute Gasteiger partial charge is 0.467 e. The fraction of sp³-hybridized carbons (Fsp3) is 0.793. The molecule has 4 amide bonds. The Morgan fingerprint density at radius 3 is 1.69 bits per heavy atom. The molecule has 0 aliphatic heterocycles. The van der Waals surface area contributed by atoms with E-state index in [1.807, 2.05) is 0 Å². The van der Waals surface area contributed by atoms with Crippen molar-refractivity contribution < 1.29 is 53.9 Å². The highest BCUT2D eigenvalue weighted by Gasteiger charge is 2.38. The van der Waals surface area contributed by atoms with Crippen LogP contribution in [0.4, 0.5) is 0 Å². The topological polar surface area (TPSA) is 253 Å².